The molecular weight excluding hydrogens is 206 g/mol. The van der Waals surface area contributed by atoms with Crippen LogP contribution < -0.4 is 16.2 Å². The minimum Gasteiger partial charge on any atom is -0.861 e. The van der Waals surface area contributed by atoms with Gasteiger partial charge in [-0.25, -0.2) is 0 Å². The Morgan fingerprint density at radius 1 is 1.44 bits per heavy atom. The molecule has 0 saturated carbocycles. The minimum atomic E-state index is -0.821. The molecule has 16 heavy (non-hydrogen) atoms. The Kier molecular flexibility index (Phi) is 4.47. The van der Waals surface area contributed by atoms with E-state index in [9.17, 15) is 9.90 Å². The molecule has 0 saturated heterocycles. The molecule has 0 spiro atoms. The molecule has 0 bridgehead atoms. The first kappa shape index (κ1) is 12.2. The van der Waals surface area contributed by atoms with E-state index >= 15 is 0 Å². The van der Waals surface area contributed by atoms with Crippen molar-refractivity contribution in [3.05, 3.63) is 35.9 Å². The van der Waals surface area contributed by atoms with E-state index in [1.54, 1.807) is 0 Å². The highest BCUT2D eigenvalue weighted by molar-refractivity contribution is 5.84. The van der Waals surface area contributed by atoms with E-state index in [4.69, 9.17) is 11.1 Å². The molecule has 0 aromatic heterocycles. The Morgan fingerprint density at radius 3 is 2.56 bits per heavy atom. The molecule has 1 amide bonds. The molecule has 0 aliphatic heterocycles. The largest absolute Gasteiger partial charge is 0.861 e. The predicted octanol–water partition coefficient (Wildman–Crippen LogP) is -0.990. The number of amides is 1. The van der Waals surface area contributed by atoms with Gasteiger partial charge in [0.15, 0.2) is 0 Å². The maximum absolute atomic E-state index is 11.0. The SMILES string of the molecule is N=C([O-])[C@H](Cc1ccccc1)NC(=O)CN. The van der Waals surface area contributed by atoms with Crippen LogP contribution in [0.4, 0.5) is 0 Å². The van der Waals surface area contributed by atoms with Crippen molar-refractivity contribution in [1.29, 1.82) is 5.41 Å². The molecule has 1 aromatic carbocycles. The van der Waals surface area contributed by atoms with Crippen molar-refractivity contribution in [1.82, 2.24) is 5.32 Å². The lowest BCUT2D eigenvalue weighted by Gasteiger charge is -2.22. The maximum Gasteiger partial charge on any atom is 0.234 e. The third kappa shape index (κ3) is 3.70. The zero-order chi connectivity index (χ0) is 12.0. The second-order valence-corrected chi connectivity index (χ2v) is 3.38. The van der Waals surface area contributed by atoms with Crippen LogP contribution in [-0.2, 0) is 11.2 Å². The first-order valence-electron chi connectivity index (χ1n) is 4.92. The Hall–Kier alpha value is -1.88. The van der Waals surface area contributed by atoms with Gasteiger partial charge in [-0.1, -0.05) is 30.3 Å². The lowest BCUT2D eigenvalue weighted by atomic mass is 10.1. The first-order valence-corrected chi connectivity index (χ1v) is 4.92. The number of rotatable bonds is 5. The van der Waals surface area contributed by atoms with Crippen molar-refractivity contribution in [3.8, 4) is 0 Å². The van der Waals surface area contributed by atoms with Gasteiger partial charge in [0.25, 0.3) is 0 Å². The van der Waals surface area contributed by atoms with Gasteiger partial charge in [0.2, 0.25) is 5.91 Å². The van der Waals surface area contributed by atoms with Crippen molar-refractivity contribution in [2.45, 2.75) is 12.5 Å². The maximum atomic E-state index is 11.0. The number of nitrogens with two attached hydrogens (primary N) is 1. The summed E-state index contributed by atoms with van der Waals surface area (Å²) >= 11 is 0. The van der Waals surface area contributed by atoms with Crippen molar-refractivity contribution in [2.75, 3.05) is 6.54 Å². The predicted molar refractivity (Wildman–Crippen MR) is 58.9 cm³/mol. The van der Waals surface area contributed by atoms with Crippen LogP contribution in [0.5, 0.6) is 0 Å². The number of benzene rings is 1. The van der Waals surface area contributed by atoms with Gasteiger partial charge in [-0.05, 0) is 17.9 Å². The van der Waals surface area contributed by atoms with Crippen LogP contribution in [0, 0.1) is 5.41 Å². The Labute approximate surface area is 93.8 Å². The number of nitrogens with one attached hydrogen (secondary N) is 2. The van der Waals surface area contributed by atoms with E-state index in [-0.39, 0.29) is 6.54 Å². The lowest BCUT2D eigenvalue weighted by Crippen LogP contribution is -2.48. The summed E-state index contributed by atoms with van der Waals surface area (Å²) in [6, 6.07) is 8.39. The molecule has 0 aliphatic rings. The minimum absolute atomic E-state index is 0.182. The third-order valence-corrected chi connectivity index (χ3v) is 2.12. The van der Waals surface area contributed by atoms with E-state index in [0.29, 0.717) is 6.42 Å². The second-order valence-electron chi connectivity index (χ2n) is 3.38. The van der Waals surface area contributed by atoms with Crippen molar-refractivity contribution < 1.29 is 9.90 Å². The molecule has 5 nitrogen and oxygen atoms in total. The summed E-state index contributed by atoms with van der Waals surface area (Å²) in [6.07, 6.45) is 0.314. The van der Waals surface area contributed by atoms with Crippen LogP contribution in [-0.4, -0.2) is 24.4 Å². The molecule has 5 heteroatoms. The van der Waals surface area contributed by atoms with Crippen LogP contribution in [0.15, 0.2) is 30.3 Å². The standard InChI is InChI=1S/C11H15N3O2/c12-7-10(15)14-9(11(13)16)6-8-4-2-1-3-5-8/h1-5,9H,6-7,12H2,(H2,13,16)(H,14,15)/p-1/t9-/m0/s1. The summed E-state index contributed by atoms with van der Waals surface area (Å²) in [5.74, 6) is -1.24. The van der Waals surface area contributed by atoms with Crippen LogP contribution in [0.3, 0.4) is 0 Å². The summed E-state index contributed by atoms with van der Waals surface area (Å²) in [4.78, 5) is 11.0. The van der Waals surface area contributed by atoms with E-state index in [2.05, 4.69) is 5.32 Å². The molecule has 0 aliphatic carbocycles. The van der Waals surface area contributed by atoms with E-state index in [0.717, 1.165) is 5.56 Å². The number of carbonyl (C=O) groups is 1. The second kappa shape index (κ2) is 5.87. The third-order valence-electron chi connectivity index (χ3n) is 2.12. The van der Waals surface area contributed by atoms with Gasteiger partial charge in [-0.3, -0.25) is 4.79 Å². The molecular formula is C11H14N3O2-. The van der Waals surface area contributed by atoms with Gasteiger partial charge in [0.1, 0.15) is 0 Å². The zero-order valence-electron chi connectivity index (χ0n) is 8.77. The van der Waals surface area contributed by atoms with Crippen LogP contribution in [0.25, 0.3) is 0 Å². The fourth-order valence-electron chi connectivity index (χ4n) is 1.31. The molecule has 0 heterocycles. The quantitative estimate of drug-likeness (QED) is 0.438. The number of hydrogen-bond acceptors (Lipinski definition) is 4. The highest BCUT2D eigenvalue weighted by Gasteiger charge is 2.11. The first-order chi connectivity index (χ1) is 7.63. The van der Waals surface area contributed by atoms with E-state index < -0.39 is 17.8 Å². The van der Waals surface area contributed by atoms with Gasteiger partial charge >= 0.3 is 0 Å². The number of hydrogen-bond donors (Lipinski definition) is 3. The highest BCUT2D eigenvalue weighted by Crippen LogP contribution is 2.02. The normalized spacial score (nSPS) is 11.8. The molecule has 1 atom stereocenters. The van der Waals surface area contributed by atoms with Gasteiger partial charge in [0, 0.05) is 0 Å². The molecule has 86 valence electrons. The van der Waals surface area contributed by atoms with Crippen molar-refractivity contribution >= 4 is 11.8 Å². The zero-order valence-corrected chi connectivity index (χ0v) is 8.77. The van der Waals surface area contributed by atoms with Crippen molar-refractivity contribution in [2.24, 2.45) is 5.73 Å². The summed E-state index contributed by atoms with van der Waals surface area (Å²) < 4.78 is 0. The topological polar surface area (TPSA) is 102 Å². The monoisotopic (exact) mass is 220 g/mol. The summed E-state index contributed by atoms with van der Waals surface area (Å²) in [6.45, 7) is -0.182. The molecule has 4 N–H and O–H groups in total. The molecule has 0 fully saturated rings. The van der Waals surface area contributed by atoms with Gasteiger partial charge in [-0.2, -0.15) is 0 Å². The molecule has 1 aromatic rings. The van der Waals surface area contributed by atoms with Crippen LogP contribution in [0.1, 0.15) is 5.56 Å². The molecule has 0 unspecified atom stereocenters. The van der Waals surface area contributed by atoms with E-state index in [1.807, 2.05) is 30.3 Å². The smallest absolute Gasteiger partial charge is 0.234 e. The Morgan fingerprint density at radius 2 is 2.06 bits per heavy atom. The fraction of sp³-hybridized carbons (Fsp3) is 0.273. The number of carbonyl (C=O) groups excluding carboxylic acids is 1. The average Bonchev–Trinajstić information content (AvgIpc) is 2.29. The molecule has 0 radical (unpaired) electrons. The summed E-state index contributed by atoms with van der Waals surface area (Å²) in [5, 5.41) is 20.5. The highest BCUT2D eigenvalue weighted by atomic mass is 16.3. The molecule has 1 rings (SSSR count). The fourth-order valence-corrected chi connectivity index (χ4v) is 1.31. The van der Waals surface area contributed by atoms with Crippen molar-refractivity contribution in [3.63, 3.8) is 0 Å². The average molecular weight is 220 g/mol. The summed E-state index contributed by atoms with van der Waals surface area (Å²) in [7, 11) is 0. The van der Waals surface area contributed by atoms with E-state index in [1.165, 1.54) is 0 Å². The Bertz CT molecular complexity index is 365. The van der Waals surface area contributed by atoms with Crippen LogP contribution >= 0.6 is 0 Å². The van der Waals surface area contributed by atoms with Gasteiger partial charge in [-0.15, -0.1) is 0 Å². The Balaban J connectivity index is 2.65. The van der Waals surface area contributed by atoms with Gasteiger partial charge < -0.3 is 21.6 Å². The lowest BCUT2D eigenvalue weighted by molar-refractivity contribution is -0.223. The summed E-state index contributed by atoms with van der Waals surface area (Å²) in [5.41, 5.74) is 6.02. The van der Waals surface area contributed by atoms with Crippen LogP contribution in [0.2, 0.25) is 0 Å². The van der Waals surface area contributed by atoms with Gasteiger partial charge in [0.05, 0.1) is 12.6 Å².